The molecule has 4 aromatic rings. The minimum absolute atomic E-state index is 0.0557. The second-order valence-electron chi connectivity index (χ2n) is 9.34. The molecule has 0 fully saturated rings. The number of halogens is 1. The van der Waals surface area contributed by atoms with Gasteiger partial charge in [-0.25, -0.2) is 4.39 Å². The van der Waals surface area contributed by atoms with Gasteiger partial charge in [0, 0.05) is 6.54 Å². The van der Waals surface area contributed by atoms with E-state index >= 15 is 0 Å². The maximum absolute atomic E-state index is 13.8. The van der Waals surface area contributed by atoms with E-state index in [9.17, 15) is 14.0 Å². The molecule has 184 valence electrons. The first kappa shape index (κ1) is 23.8. The molecule has 0 saturated heterocycles. The van der Waals surface area contributed by atoms with E-state index in [1.165, 1.54) is 12.1 Å². The number of fused-ring (bicyclic) bond motifs is 2. The number of nitrogens with zero attached hydrogens (tertiary/aromatic N) is 1. The summed E-state index contributed by atoms with van der Waals surface area (Å²) in [5, 5.41) is 0.452. The lowest BCUT2D eigenvalue weighted by Gasteiger charge is -2.25. The number of ether oxygens (including phenoxy) is 1. The zero-order chi connectivity index (χ0) is 25.4. The Morgan fingerprint density at radius 2 is 1.75 bits per heavy atom. The smallest absolute Gasteiger partial charge is 0.291 e. The second kappa shape index (κ2) is 9.61. The van der Waals surface area contributed by atoms with Crippen LogP contribution in [0, 0.1) is 19.7 Å². The number of hydrogen-bond donors (Lipinski definition) is 0. The molecule has 6 heteroatoms. The van der Waals surface area contributed by atoms with Crippen molar-refractivity contribution in [3.8, 4) is 5.75 Å². The highest BCUT2D eigenvalue weighted by atomic mass is 19.1. The number of benzene rings is 3. The van der Waals surface area contributed by atoms with Crippen molar-refractivity contribution in [3.63, 3.8) is 0 Å². The fourth-order valence-electron chi connectivity index (χ4n) is 4.68. The van der Waals surface area contributed by atoms with Gasteiger partial charge < -0.3 is 14.1 Å². The standard InChI is InChI=1S/C30H28FNO4/c1-4-5-13-35-23-8-6-7-21(16-23)27-26-28(33)24-14-18(2)19(3)15-25(24)36-29(26)30(34)32(27)17-20-9-11-22(31)12-10-20/h6-12,14-16,27H,4-5,13,17H2,1-3H3. The van der Waals surface area contributed by atoms with Crippen molar-refractivity contribution in [1.29, 1.82) is 0 Å². The van der Waals surface area contributed by atoms with Crippen molar-refractivity contribution >= 4 is 16.9 Å². The Labute approximate surface area is 209 Å². The normalized spacial score (nSPS) is 14.9. The molecule has 1 unspecified atom stereocenters. The molecule has 1 aliphatic rings. The molecule has 1 atom stereocenters. The van der Waals surface area contributed by atoms with Crippen LogP contribution in [0.5, 0.6) is 5.75 Å². The number of unbranched alkanes of at least 4 members (excludes halogenated alkanes) is 1. The Morgan fingerprint density at radius 1 is 1.00 bits per heavy atom. The molecule has 0 bridgehead atoms. The summed E-state index contributed by atoms with van der Waals surface area (Å²) in [5.41, 5.74) is 3.97. The van der Waals surface area contributed by atoms with Gasteiger partial charge in [-0.3, -0.25) is 9.59 Å². The van der Waals surface area contributed by atoms with E-state index in [1.807, 2.05) is 44.2 Å². The van der Waals surface area contributed by atoms with E-state index < -0.39 is 6.04 Å². The number of amides is 1. The molecule has 0 radical (unpaired) electrons. The van der Waals surface area contributed by atoms with E-state index in [2.05, 4.69) is 6.92 Å². The van der Waals surface area contributed by atoms with Crippen LogP contribution in [0.15, 0.2) is 69.9 Å². The lowest BCUT2D eigenvalue weighted by Crippen LogP contribution is -2.29. The summed E-state index contributed by atoms with van der Waals surface area (Å²) in [7, 11) is 0. The van der Waals surface area contributed by atoms with Crippen LogP contribution in [-0.4, -0.2) is 17.4 Å². The Balaban J connectivity index is 1.66. The predicted octanol–water partition coefficient (Wildman–Crippen LogP) is 6.47. The first-order chi connectivity index (χ1) is 17.4. The highest BCUT2D eigenvalue weighted by molar-refractivity contribution is 5.99. The average Bonchev–Trinajstić information content (AvgIpc) is 3.14. The molecule has 5 nitrogen and oxygen atoms in total. The Hall–Kier alpha value is -3.93. The van der Waals surface area contributed by atoms with Crippen molar-refractivity contribution < 1.29 is 18.3 Å². The van der Waals surface area contributed by atoms with E-state index in [-0.39, 0.29) is 29.5 Å². The molecule has 1 aromatic heterocycles. The minimum atomic E-state index is -0.658. The summed E-state index contributed by atoms with van der Waals surface area (Å²) in [6.45, 7) is 6.77. The second-order valence-corrected chi connectivity index (χ2v) is 9.34. The fraction of sp³-hybridized carbons (Fsp3) is 0.267. The van der Waals surface area contributed by atoms with Crippen LogP contribution < -0.4 is 10.2 Å². The summed E-state index contributed by atoms with van der Waals surface area (Å²) < 4.78 is 25.5. The van der Waals surface area contributed by atoms with Gasteiger partial charge in [0.15, 0.2) is 5.43 Å². The quantitative estimate of drug-likeness (QED) is 0.281. The highest BCUT2D eigenvalue weighted by Gasteiger charge is 2.42. The summed E-state index contributed by atoms with van der Waals surface area (Å²) in [4.78, 5) is 29.1. The Morgan fingerprint density at radius 3 is 2.50 bits per heavy atom. The van der Waals surface area contributed by atoms with Crippen molar-refractivity contribution in [3.05, 3.63) is 110 Å². The van der Waals surface area contributed by atoms with Crippen molar-refractivity contribution in [1.82, 2.24) is 4.90 Å². The van der Waals surface area contributed by atoms with Gasteiger partial charge in [0.05, 0.1) is 23.6 Å². The lowest BCUT2D eigenvalue weighted by molar-refractivity contribution is 0.0714. The first-order valence-electron chi connectivity index (χ1n) is 12.2. The maximum Gasteiger partial charge on any atom is 0.291 e. The number of rotatable bonds is 7. The van der Waals surface area contributed by atoms with E-state index in [0.29, 0.717) is 28.9 Å². The first-order valence-corrected chi connectivity index (χ1v) is 12.2. The molecule has 0 saturated carbocycles. The Bertz CT molecular complexity index is 1510. The third-order valence-electron chi connectivity index (χ3n) is 6.79. The summed E-state index contributed by atoms with van der Waals surface area (Å²) in [5.74, 6) is 0.0198. The molecular formula is C30H28FNO4. The van der Waals surface area contributed by atoms with Crippen LogP contribution in [0.25, 0.3) is 11.0 Å². The van der Waals surface area contributed by atoms with E-state index in [1.54, 1.807) is 23.1 Å². The van der Waals surface area contributed by atoms with Crippen LogP contribution in [0.2, 0.25) is 0 Å². The monoisotopic (exact) mass is 485 g/mol. The van der Waals surface area contributed by atoms with Gasteiger partial charge in [-0.2, -0.15) is 0 Å². The van der Waals surface area contributed by atoms with Crippen LogP contribution in [0.3, 0.4) is 0 Å². The molecule has 1 aliphatic heterocycles. The molecule has 0 spiro atoms. The van der Waals surface area contributed by atoms with Gasteiger partial charge in [-0.05, 0) is 78.9 Å². The third kappa shape index (κ3) is 4.28. The molecule has 0 aliphatic carbocycles. The average molecular weight is 486 g/mol. The van der Waals surface area contributed by atoms with E-state index in [4.69, 9.17) is 9.15 Å². The van der Waals surface area contributed by atoms with Crippen LogP contribution >= 0.6 is 0 Å². The topological polar surface area (TPSA) is 59.8 Å². The number of hydrogen-bond acceptors (Lipinski definition) is 4. The molecule has 3 aromatic carbocycles. The highest BCUT2D eigenvalue weighted by Crippen LogP contribution is 2.40. The SMILES string of the molecule is CCCCOc1cccc(C2c3c(oc4cc(C)c(C)cc4c3=O)C(=O)N2Cc2ccc(F)cc2)c1. The third-order valence-corrected chi connectivity index (χ3v) is 6.79. The summed E-state index contributed by atoms with van der Waals surface area (Å²) in [6, 6.07) is 16.5. The van der Waals surface area contributed by atoms with Gasteiger partial charge in [0.25, 0.3) is 5.91 Å². The van der Waals surface area contributed by atoms with Gasteiger partial charge in [-0.1, -0.05) is 37.6 Å². The van der Waals surface area contributed by atoms with Crippen molar-refractivity contribution in [2.75, 3.05) is 6.61 Å². The van der Waals surface area contributed by atoms with Crippen molar-refractivity contribution in [2.45, 2.75) is 46.2 Å². The molecule has 5 rings (SSSR count). The number of carbonyl (C=O) groups is 1. The molecule has 1 amide bonds. The summed E-state index contributed by atoms with van der Waals surface area (Å²) in [6.07, 6.45) is 1.95. The molecule has 36 heavy (non-hydrogen) atoms. The van der Waals surface area contributed by atoms with Gasteiger partial charge in [0.1, 0.15) is 17.1 Å². The lowest BCUT2D eigenvalue weighted by atomic mass is 9.97. The zero-order valence-electron chi connectivity index (χ0n) is 20.6. The zero-order valence-corrected chi connectivity index (χ0v) is 20.6. The maximum atomic E-state index is 13.8. The largest absolute Gasteiger partial charge is 0.494 e. The van der Waals surface area contributed by atoms with Gasteiger partial charge in [-0.15, -0.1) is 0 Å². The number of aryl methyl sites for hydroxylation is 2. The molecular weight excluding hydrogens is 457 g/mol. The molecule has 0 N–H and O–H groups in total. The van der Waals surface area contributed by atoms with E-state index in [0.717, 1.165) is 35.1 Å². The van der Waals surface area contributed by atoms with Crippen LogP contribution in [-0.2, 0) is 6.54 Å². The summed E-state index contributed by atoms with van der Waals surface area (Å²) >= 11 is 0. The number of carbonyl (C=O) groups excluding carboxylic acids is 1. The van der Waals surface area contributed by atoms with Crippen molar-refractivity contribution in [2.24, 2.45) is 0 Å². The Kier molecular flexibility index (Phi) is 6.35. The van der Waals surface area contributed by atoms with Gasteiger partial charge >= 0.3 is 0 Å². The fourth-order valence-corrected chi connectivity index (χ4v) is 4.68. The predicted molar refractivity (Wildman–Crippen MR) is 137 cm³/mol. The van der Waals surface area contributed by atoms with Crippen LogP contribution in [0.4, 0.5) is 4.39 Å². The van der Waals surface area contributed by atoms with Crippen LogP contribution in [0.1, 0.15) is 64.2 Å². The minimum Gasteiger partial charge on any atom is -0.494 e. The van der Waals surface area contributed by atoms with Gasteiger partial charge in [0.2, 0.25) is 5.76 Å². The molecule has 2 heterocycles.